The summed E-state index contributed by atoms with van der Waals surface area (Å²) in [5, 5.41) is 18.2. The highest BCUT2D eigenvalue weighted by Crippen LogP contribution is 2.19. The molecule has 19 heavy (non-hydrogen) atoms. The Bertz CT molecular complexity index is 433. The van der Waals surface area contributed by atoms with Gasteiger partial charge in [0.1, 0.15) is 0 Å². The molecule has 0 bridgehead atoms. The summed E-state index contributed by atoms with van der Waals surface area (Å²) < 4.78 is 0. The lowest BCUT2D eigenvalue weighted by Gasteiger charge is -2.32. The Kier molecular flexibility index (Phi) is 4.93. The first kappa shape index (κ1) is 14.0. The van der Waals surface area contributed by atoms with Gasteiger partial charge in [0.2, 0.25) is 0 Å². The summed E-state index contributed by atoms with van der Waals surface area (Å²) in [6.07, 6.45) is 2.27. The van der Waals surface area contributed by atoms with Crippen LogP contribution in [0.2, 0.25) is 0 Å². The Morgan fingerprint density at radius 2 is 2.05 bits per heavy atom. The fraction of sp³-hybridized carbons (Fsp3) is 0.533. The van der Waals surface area contributed by atoms with E-state index >= 15 is 0 Å². The lowest BCUT2D eigenvalue weighted by atomic mass is 9.97. The van der Waals surface area contributed by atoms with Crippen molar-refractivity contribution in [2.75, 3.05) is 19.7 Å². The van der Waals surface area contributed by atoms with E-state index in [2.05, 4.69) is 4.90 Å². The molecule has 2 rings (SSSR count). The molecular formula is C15H21NO3. The molecule has 0 saturated carbocycles. The third-order valence-corrected chi connectivity index (χ3v) is 3.72. The Labute approximate surface area is 113 Å². The maximum atomic E-state index is 10.9. The highest BCUT2D eigenvalue weighted by Gasteiger charge is 2.20. The molecule has 104 valence electrons. The normalized spacial score (nSPS) is 20.4. The second-order valence-corrected chi connectivity index (χ2v) is 5.27. The third kappa shape index (κ3) is 4.04. The van der Waals surface area contributed by atoms with Crippen LogP contribution in [-0.4, -0.2) is 40.8 Å². The zero-order chi connectivity index (χ0) is 13.7. The zero-order valence-corrected chi connectivity index (χ0v) is 11.1. The molecule has 1 aromatic rings. The molecule has 1 unspecified atom stereocenters. The van der Waals surface area contributed by atoms with Crippen molar-refractivity contribution >= 4 is 5.97 Å². The van der Waals surface area contributed by atoms with Crippen molar-refractivity contribution < 1.29 is 15.0 Å². The van der Waals surface area contributed by atoms with E-state index in [-0.39, 0.29) is 13.0 Å². The monoisotopic (exact) mass is 263 g/mol. The Morgan fingerprint density at radius 1 is 1.32 bits per heavy atom. The van der Waals surface area contributed by atoms with Gasteiger partial charge in [-0.15, -0.1) is 0 Å². The van der Waals surface area contributed by atoms with Gasteiger partial charge in [0.25, 0.3) is 0 Å². The molecule has 1 aliphatic heterocycles. The summed E-state index contributed by atoms with van der Waals surface area (Å²) in [6, 6.07) is 7.72. The van der Waals surface area contributed by atoms with E-state index in [0.29, 0.717) is 5.92 Å². The van der Waals surface area contributed by atoms with Crippen molar-refractivity contribution in [2.24, 2.45) is 5.92 Å². The van der Waals surface area contributed by atoms with Gasteiger partial charge >= 0.3 is 5.97 Å². The average Bonchev–Trinajstić information content (AvgIpc) is 2.41. The van der Waals surface area contributed by atoms with E-state index < -0.39 is 5.97 Å². The Morgan fingerprint density at radius 3 is 2.74 bits per heavy atom. The molecule has 2 N–H and O–H groups in total. The maximum absolute atomic E-state index is 10.9. The van der Waals surface area contributed by atoms with Crippen LogP contribution in [0.5, 0.6) is 0 Å². The predicted molar refractivity (Wildman–Crippen MR) is 72.9 cm³/mol. The predicted octanol–water partition coefficient (Wildman–Crippen LogP) is 1.52. The molecular weight excluding hydrogens is 242 g/mol. The molecule has 1 heterocycles. The summed E-state index contributed by atoms with van der Waals surface area (Å²) in [5.41, 5.74) is 1.98. The van der Waals surface area contributed by atoms with Crippen LogP contribution in [0.3, 0.4) is 0 Å². The largest absolute Gasteiger partial charge is 0.481 e. The first-order valence-electron chi connectivity index (χ1n) is 6.81. The number of aliphatic carboxylic acids is 1. The number of hydrogen-bond acceptors (Lipinski definition) is 3. The van der Waals surface area contributed by atoms with Gasteiger partial charge in [-0.2, -0.15) is 0 Å². The van der Waals surface area contributed by atoms with Gasteiger partial charge in [-0.3, -0.25) is 9.69 Å². The molecule has 1 atom stereocenters. The topological polar surface area (TPSA) is 60.8 Å². The van der Waals surface area contributed by atoms with Gasteiger partial charge in [0, 0.05) is 19.7 Å². The third-order valence-electron chi connectivity index (χ3n) is 3.72. The SMILES string of the molecule is O=C(O)Cc1ccccc1CN1CCCC(CO)C1. The van der Waals surface area contributed by atoms with Crippen LogP contribution >= 0.6 is 0 Å². The number of likely N-dealkylation sites (tertiary alicyclic amines) is 1. The number of carbonyl (C=O) groups is 1. The number of hydrogen-bond donors (Lipinski definition) is 2. The zero-order valence-electron chi connectivity index (χ0n) is 11.1. The van der Waals surface area contributed by atoms with Crippen molar-refractivity contribution in [2.45, 2.75) is 25.8 Å². The second kappa shape index (κ2) is 6.68. The van der Waals surface area contributed by atoms with Crippen molar-refractivity contribution in [3.05, 3.63) is 35.4 Å². The highest BCUT2D eigenvalue weighted by atomic mass is 16.4. The molecule has 4 heteroatoms. The number of carboxylic acid groups (broad SMARTS) is 1. The first-order chi connectivity index (χ1) is 9.19. The minimum atomic E-state index is -0.792. The number of aliphatic hydroxyl groups is 1. The number of carboxylic acids is 1. The molecule has 0 spiro atoms. The van der Waals surface area contributed by atoms with Crippen LogP contribution in [0.25, 0.3) is 0 Å². The lowest BCUT2D eigenvalue weighted by Crippen LogP contribution is -2.36. The quantitative estimate of drug-likeness (QED) is 0.845. The van der Waals surface area contributed by atoms with Gasteiger partial charge in [-0.1, -0.05) is 24.3 Å². The van der Waals surface area contributed by atoms with Crippen molar-refractivity contribution in [1.82, 2.24) is 4.90 Å². The highest BCUT2D eigenvalue weighted by molar-refractivity contribution is 5.70. The fourth-order valence-electron chi connectivity index (χ4n) is 2.73. The second-order valence-electron chi connectivity index (χ2n) is 5.27. The van der Waals surface area contributed by atoms with E-state index in [0.717, 1.165) is 43.6 Å². The fourth-order valence-corrected chi connectivity index (χ4v) is 2.73. The van der Waals surface area contributed by atoms with Crippen molar-refractivity contribution in [3.63, 3.8) is 0 Å². The lowest BCUT2D eigenvalue weighted by molar-refractivity contribution is -0.136. The number of benzene rings is 1. The number of piperidine rings is 1. The van der Waals surface area contributed by atoms with E-state index in [4.69, 9.17) is 5.11 Å². The van der Waals surface area contributed by atoms with E-state index in [9.17, 15) is 9.90 Å². The summed E-state index contributed by atoms with van der Waals surface area (Å²) in [7, 11) is 0. The van der Waals surface area contributed by atoms with Crippen molar-refractivity contribution in [1.29, 1.82) is 0 Å². The number of aliphatic hydroxyl groups excluding tert-OH is 1. The molecule has 4 nitrogen and oxygen atoms in total. The van der Waals surface area contributed by atoms with E-state index in [1.807, 2.05) is 24.3 Å². The summed E-state index contributed by atoms with van der Waals surface area (Å²) in [6.45, 7) is 2.95. The number of nitrogens with zero attached hydrogens (tertiary/aromatic N) is 1. The molecule has 0 amide bonds. The van der Waals surface area contributed by atoms with Gasteiger partial charge in [-0.05, 0) is 36.4 Å². The van der Waals surface area contributed by atoms with Crippen LogP contribution in [0.15, 0.2) is 24.3 Å². The molecule has 0 radical (unpaired) electrons. The van der Waals surface area contributed by atoms with E-state index in [1.54, 1.807) is 0 Å². The Balaban J connectivity index is 2.03. The first-order valence-corrected chi connectivity index (χ1v) is 6.81. The smallest absolute Gasteiger partial charge is 0.307 e. The summed E-state index contributed by atoms with van der Waals surface area (Å²) in [5.74, 6) is -0.431. The van der Waals surface area contributed by atoms with Gasteiger partial charge in [-0.25, -0.2) is 0 Å². The Hall–Kier alpha value is -1.39. The summed E-state index contributed by atoms with van der Waals surface area (Å²) >= 11 is 0. The average molecular weight is 263 g/mol. The maximum Gasteiger partial charge on any atom is 0.307 e. The standard InChI is InChI=1S/C15H21NO3/c17-11-12-4-3-7-16(9-12)10-14-6-2-1-5-13(14)8-15(18)19/h1-2,5-6,12,17H,3-4,7-11H2,(H,18,19). The van der Waals surface area contributed by atoms with E-state index in [1.165, 1.54) is 0 Å². The minimum absolute atomic E-state index is 0.0768. The van der Waals surface area contributed by atoms with Crippen LogP contribution in [0.4, 0.5) is 0 Å². The van der Waals surface area contributed by atoms with Crippen LogP contribution in [-0.2, 0) is 17.8 Å². The molecule has 0 aromatic heterocycles. The minimum Gasteiger partial charge on any atom is -0.481 e. The molecule has 1 fully saturated rings. The van der Waals surface area contributed by atoms with Gasteiger partial charge in [0.15, 0.2) is 0 Å². The van der Waals surface area contributed by atoms with Crippen LogP contribution < -0.4 is 0 Å². The molecule has 1 saturated heterocycles. The van der Waals surface area contributed by atoms with Crippen LogP contribution in [0, 0.1) is 5.92 Å². The van der Waals surface area contributed by atoms with Crippen LogP contribution in [0.1, 0.15) is 24.0 Å². The van der Waals surface area contributed by atoms with Gasteiger partial charge in [0.05, 0.1) is 6.42 Å². The molecule has 0 aliphatic carbocycles. The van der Waals surface area contributed by atoms with Crippen molar-refractivity contribution in [3.8, 4) is 0 Å². The van der Waals surface area contributed by atoms with Gasteiger partial charge < -0.3 is 10.2 Å². The molecule has 1 aliphatic rings. The summed E-state index contributed by atoms with van der Waals surface area (Å²) in [4.78, 5) is 13.2. The number of rotatable bonds is 5. The molecule has 1 aromatic carbocycles.